The molecule has 2 rings (SSSR count). The molecule has 0 unspecified atom stereocenters. The third-order valence-corrected chi connectivity index (χ3v) is 2.11. The molecule has 0 saturated carbocycles. The van der Waals surface area contributed by atoms with Gasteiger partial charge in [-0.25, -0.2) is 4.68 Å². The van der Waals surface area contributed by atoms with E-state index in [2.05, 4.69) is 5.10 Å². The lowest BCUT2D eigenvalue weighted by atomic mass is 10.2. The van der Waals surface area contributed by atoms with Crippen LogP contribution in [0.2, 0.25) is 0 Å². The molecular formula is C11H7N5. The fraction of sp³-hybridized carbons (Fsp3) is 0. The Morgan fingerprint density at radius 2 is 1.81 bits per heavy atom. The highest BCUT2D eigenvalue weighted by molar-refractivity contribution is 5.50. The minimum Gasteiger partial charge on any atom is -0.395 e. The fourth-order valence-electron chi connectivity index (χ4n) is 1.30. The van der Waals surface area contributed by atoms with Gasteiger partial charge in [0.05, 0.1) is 29.2 Å². The molecule has 0 amide bonds. The number of hydrogen-bond acceptors (Lipinski definition) is 4. The summed E-state index contributed by atoms with van der Waals surface area (Å²) >= 11 is 0. The van der Waals surface area contributed by atoms with Crippen LogP contribution in [-0.2, 0) is 0 Å². The van der Waals surface area contributed by atoms with Crippen molar-refractivity contribution in [2.45, 2.75) is 0 Å². The average molecular weight is 209 g/mol. The van der Waals surface area contributed by atoms with Crippen LogP contribution in [0.1, 0.15) is 11.3 Å². The first kappa shape index (κ1) is 9.75. The molecule has 1 aromatic heterocycles. The maximum atomic E-state index is 8.71. The van der Waals surface area contributed by atoms with E-state index in [1.165, 1.54) is 4.68 Å². The van der Waals surface area contributed by atoms with Gasteiger partial charge in [-0.15, -0.1) is 0 Å². The van der Waals surface area contributed by atoms with Crippen LogP contribution in [0, 0.1) is 22.7 Å². The Hall–Kier alpha value is -2.79. The molecule has 2 N–H and O–H groups in total. The number of nitrogen functional groups attached to an aromatic ring is 1. The number of nitrogens with zero attached hydrogens (tertiary/aromatic N) is 4. The van der Waals surface area contributed by atoms with Crippen molar-refractivity contribution in [1.82, 2.24) is 9.78 Å². The Bertz CT molecular complexity index is 595. The molecule has 0 fully saturated rings. The standard InChI is InChI=1S/C11H7N5/c12-5-8-1-3-9(4-2-8)16-7-10(14)11(6-13)15-16/h1-4,7H,14H2. The lowest BCUT2D eigenvalue weighted by Gasteiger charge is -1.99. The van der Waals surface area contributed by atoms with E-state index in [0.29, 0.717) is 11.3 Å². The summed E-state index contributed by atoms with van der Waals surface area (Å²) in [6.45, 7) is 0. The van der Waals surface area contributed by atoms with Crippen LogP contribution in [-0.4, -0.2) is 9.78 Å². The van der Waals surface area contributed by atoms with E-state index in [4.69, 9.17) is 16.3 Å². The highest BCUT2D eigenvalue weighted by Gasteiger charge is 2.05. The number of nitriles is 2. The molecule has 0 aliphatic carbocycles. The fourth-order valence-corrected chi connectivity index (χ4v) is 1.30. The molecule has 0 atom stereocenters. The number of hydrogen-bond donors (Lipinski definition) is 1. The van der Waals surface area contributed by atoms with Crippen molar-refractivity contribution in [3.63, 3.8) is 0 Å². The predicted molar refractivity (Wildman–Crippen MR) is 57.4 cm³/mol. The van der Waals surface area contributed by atoms with Gasteiger partial charge in [0, 0.05) is 0 Å². The largest absolute Gasteiger partial charge is 0.395 e. The van der Waals surface area contributed by atoms with E-state index in [1.807, 2.05) is 12.1 Å². The van der Waals surface area contributed by atoms with Gasteiger partial charge in [0.1, 0.15) is 6.07 Å². The van der Waals surface area contributed by atoms with Crippen LogP contribution < -0.4 is 5.73 Å². The summed E-state index contributed by atoms with van der Waals surface area (Å²) in [5.74, 6) is 0. The van der Waals surface area contributed by atoms with Gasteiger partial charge in [-0.3, -0.25) is 0 Å². The van der Waals surface area contributed by atoms with Crippen molar-refractivity contribution in [3.8, 4) is 17.8 Å². The summed E-state index contributed by atoms with van der Waals surface area (Å²) in [5, 5.41) is 21.4. The number of nitrogens with two attached hydrogens (primary N) is 1. The van der Waals surface area contributed by atoms with Crippen molar-refractivity contribution >= 4 is 5.69 Å². The number of anilines is 1. The lowest BCUT2D eigenvalue weighted by molar-refractivity contribution is 0.873. The number of aromatic nitrogens is 2. The second-order valence-corrected chi connectivity index (χ2v) is 3.15. The van der Waals surface area contributed by atoms with E-state index in [-0.39, 0.29) is 5.69 Å². The summed E-state index contributed by atoms with van der Waals surface area (Å²) in [5.41, 5.74) is 7.46. The zero-order valence-electron chi connectivity index (χ0n) is 8.25. The third-order valence-electron chi connectivity index (χ3n) is 2.11. The van der Waals surface area contributed by atoms with Crippen LogP contribution in [0.3, 0.4) is 0 Å². The number of benzene rings is 1. The highest BCUT2D eigenvalue weighted by atomic mass is 15.3. The first-order chi connectivity index (χ1) is 7.74. The maximum Gasteiger partial charge on any atom is 0.185 e. The Morgan fingerprint density at radius 1 is 1.12 bits per heavy atom. The van der Waals surface area contributed by atoms with Crippen LogP contribution >= 0.6 is 0 Å². The van der Waals surface area contributed by atoms with E-state index in [1.54, 1.807) is 30.5 Å². The minimum absolute atomic E-state index is 0.198. The molecule has 0 saturated heterocycles. The second kappa shape index (κ2) is 3.76. The Morgan fingerprint density at radius 3 is 2.31 bits per heavy atom. The van der Waals surface area contributed by atoms with Gasteiger partial charge in [0.2, 0.25) is 0 Å². The summed E-state index contributed by atoms with van der Waals surface area (Å²) < 4.78 is 1.51. The Kier molecular flexibility index (Phi) is 2.29. The zero-order valence-corrected chi connectivity index (χ0v) is 8.25. The van der Waals surface area contributed by atoms with E-state index < -0.39 is 0 Å². The molecule has 0 radical (unpaired) electrons. The third kappa shape index (κ3) is 1.58. The molecule has 1 aromatic carbocycles. The predicted octanol–water partition coefficient (Wildman–Crippen LogP) is 1.20. The quantitative estimate of drug-likeness (QED) is 0.763. The van der Waals surface area contributed by atoms with Gasteiger partial charge in [-0.2, -0.15) is 15.6 Å². The molecule has 5 nitrogen and oxygen atoms in total. The first-order valence-corrected chi connectivity index (χ1v) is 4.50. The van der Waals surface area contributed by atoms with Crippen molar-refractivity contribution in [2.75, 3.05) is 5.73 Å². The SMILES string of the molecule is N#Cc1ccc(-n2cc(N)c(C#N)n2)cc1. The summed E-state index contributed by atoms with van der Waals surface area (Å²) in [6, 6.07) is 10.8. The molecule has 0 aliphatic heterocycles. The Balaban J connectivity index is 2.44. The summed E-state index contributed by atoms with van der Waals surface area (Å²) in [6.07, 6.45) is 1.57. The molecule has 0 spiro atoms. The molecule has 1 heterocycles. The molecule has 2 aromatic rings. The van der Waals surface area contributed by atoms with Gasteiger partial charge in [-0.1, -0.05) is 0 Å². The van der Waals surface area contributed by atoms with Crippen LogP contribution in [0.5, 0.6) is 0 Å². The van der Waals surface area contributed by atoms with Crippen molar-refractivity contribution in [1.29, 1.82) is 10.5 Å². The van der Waals surface area contributed by atoms with Gasteiger partial charge in [-0.05, 0) is 24.3 Å². The van der Waals surface area contributed by atoms with Crippen molar-refractivity contribution in [2.24, 2.45) is 0 Å². The van der Waals surface area contributed by atoms with Gasteiger partial charge < -0.3 is 5.73 Å². The maximum absolute atomic E-state index is 8.71. The van der Waals surface area contributed by atoms with Crippen molar-refractivity contribution < 1.29 is 0 Å². The monoisotopic (exact) mass is 209 g/mol. The van der Waals surface area contributed by atoms with Gasteiger partial charge in [0.25, 0.3) is 0 Å². The molecule has 0 bridgehead atoms. The molecule has 0 aliphatic rings. The molecule has 16 heavy (non-hydrogen) atoms. The average Bonchev–Trinajstić information content (AvgIpc) is 2.71. The van der Waals surface area contributed by atoms with Crippen LogP contribution in [0.25, 0.3) is 5.69 Å². The van der Waals surface area contributed by atoms with E-state index in [0.717, 1.165) is 5.69 Å². The smallest absolute Gasteiger partial charge is 0.185 e. The van der Waals surface area contributed by atoms with Crippen LogP contribution in [0.4, 0.5) is 5.69 Å². The van der Waals surface area contributed by atoms with Gasteiger partial charge in [0.15, 0.2) is 5.69 Å². The van der Waals surface area contributed by atoms with Gasteiger partial charge >= 0.3 is 0 Å². The number of rotatable bonds is 1. The van der Waals surface area contributed by atoms with E-state index >= 15 is 0 Å². The highest BCUT2D eigenvalue weighted by Crippen LogP contribution is 2.13. The minimum atomic E-state index is 0.198. The summed E-state index contributed by atoms with van der Waals surface area (Å²) in [4.78, 5) is 0. The second-order valence-electron chi connectivity index (χ2n) is 3.15. The lowest BCUT2D eigenvalue weighted by Crippen LogP contribution is -1.94. The Labute approximate surface area is 92.0 Å². The van der Waals surface area contributed by atoms with Crippen molar-refractivity contribution in [3.05, 3.63) is 41.7 Å². The van der Waals surface area contributed by atoms with E-state index in [9.17, 15) is 0 Å². The normalized spacial score (nSPS) is 9.38. The molecule has 5 heteroatoms. The summed E-state index contributed by atoms with van der Waals surface area (Å²) in [7, 11) is 0. The molecular weight excluding hydrogens is 202 g/mol. The molecule has 76 valence electrons. The zero-order chi connectivity index (χ0) is 11.5. The first-order valence-electron chi connectivity index (χ1n) is 4.50. The van der Waals surface area contributed by atoms with Crippen LogP contribution in [0.15, 0.2) is 30.5 Å². The topological polar surface area (TPSA) is 91.4 Å².